The zero-order valence-corrected chi connectivity index (χ0v) is 8.55. The van der Waals surface area contributed by atoms with E-state index in [1.165, 1.54) is 0 Å². The van der Waals surface area contributed by atoms with Crippen LogP contribution in [0, 0.1) is 5.92 Å². The van der Waals surface area contributed by atoms with Crippen molar-refractivity contribution in [2.45, 2.75) is 44.8 Å². The Morgan fingerprint density at radius 3 is 2.33 bits per heavy atom. The third kappa shape index (κ3) is 6.33. The molecule has 0 aliphatic carbocycles. The molecule has 0 heterocycles. The van der Waals surface area contributed by atoms with Crippen molar-refractivity contribution in [1.29, 1.82) is 0 Å². The lowest BCUT2D eigenvalue weighted by Crippen LogP contribution is -2.32. The van der Waals surface area contributed by atoms with Crippen molar-refractivity contribution in [3.8, 4) is 0 Å². The van der Waals surface area contributed by atoms with Crippen LogP contribution in [0.15, 0.2) is 0 Å². The zero-order chi connectivity index (χ0) is 12.1. The second-order valence-electron chi connectivity index (χ2n) is 3.62. The summed E-state index contributed by atoms with van der Waals surface area (Å²) in [6.45, 7) is 1.82. The summed E-state index contributed by atoms with van der Waals surface area (Å²) >= 11 is 0. The number of rotatable bonds is 6. The van der Waals surface area contributed by atoms with Gasteiger partial charge in [-0.3, -0.25) is 4.79 Å². The first-order valence-corrected chi connectivity index (χ1v) is 4.81. The van der Waals surface area contributed by atoms with Gasteiger partial charge in [0.15, 0.2) is 0 Å². The van der Waals surface area contributed by atoms with E-state index in [2.05, 4.69) is 0 Å². The van der Waals surface area contributed by atoms with Gasteiger partial charge in [-0.05, 0) is 12.8 Å². The number of hydrogen-bond donors (Lipinski definition) is 2. The highest BCUT2D eigenvalue weighted by molar-refractivity contribution is 5.67. The Morgan fingerprint density at radius 1 is 1.47 bits per heavy atom. The van der Waals surface area contributed by atoms with Gasteiger partial charge < -0.3 is 10.8 Å². The highest BCUT2D eigenvalue weighted by Gasteiger charge is 2.41. The predicted octanol–water partition coefficient (Wildman–Crippen LogP) is 2.16. The van der Waals surface area contributed by atoms with Crippen LogP contribution >= 0.6 is 0 Å². The van der Waals surface area contributed by atoms with E-state index >= 15 is 0 Å². The molecule has 0 unspecified atom stereocenters. The number of carbonyl (C=O) groups is 1. The number of aliphatic carboxylic acids is 1. The number of alkyl halides is 3. The van der Waals surface area contributed by atoms with E-state index in [0.29, 0.717) is 12.8 Å². The third-order valence-electron chi connectivity index (χ3n) is 2.13. The van der Waals surface area contributed by atoms with Crippen LogP contribution in [-0.4, -0.2) is 23.3 Å². The van der Waals surface area contributed by atoms with E-state index in [9.17, 15) is 18.0 Å². The van der Waals surface area contributed by atoms with E-state index in [-0.39, 0.29) is 6.42 Å². The van der Waals surface area contributed by atoms with Gasteiger partial charge in [0, 0.05) is 6.04 Å². The van der Waals surface area contributed by atoms with Crippen LogP contribution in [0.1, 0.15) is 32.6 Å². The van der Waals surface area contributed by atoms with Crippen molar-refractivity contribution < 1.29 is 23.1 Å². The van der Waals surface area contributed by atoms with Crippen molar-refractivity contribution >= 4 is 5.97 Å². The normalized spacial score (nSPS) is 16.1. The lowest BCUT2D eigenvalue weighted by Gasteiger charge is -2.21. The zero-order valence-electron chi connectivity index (χ0n) is 8.55. The molecular formula is C9H16F3NO2. The summed E-state index contributed by atoms with van der Waals surface area (Å²) in [6, 6.07) is -0.582. The van der Waals surface area contributed by atoms with E-state index in [1.54, 1.807) is 0 Å². The second kappa shape index (κ2) is 5.95. The lowest BCUT2D eigenvalue weighted by molar-refractivity contribution is -0.185. The minimum atomic E-state index is -4.48. The van der Waals surface area contributed by atoms with Gasteiger partial charge in [-0.1, -0.05) is 13.3 Å². The van der Waals surface area contributed by atoms with E-state index < -0.39 is 30.5 Å². The highest BCUT2D eigenvalue weighted by atomic mass is 19.4. The first kappa shape index (κ1) is 14.2. The molecule has 0 saturated heterocycles. The second-order valence-corrected chi connectivity index (χ2v) is 3.62. The van der Waals surface area contributed by atoms with E-state index in [1.807, 2.05) is 6.92 Å². The predicted molar refractivity (Wildman–Crippen MR) is 49.3 cm³/mol. The van der Waals surface area contributed by atoms with Crippen LogP contribution in [0.4, 0.5) is 13.2 Å². The van der Waals surface area contributed by atoms with Gasteiger partial charge in [0.05, 0.1) is 12.3 Å². The summed E-state index contributed by atoms with van der Waals surface area (Å²) in [5, 5.41) is 8.35. The Morgan fingerprint density at radius 2 is 2.00 bits per heavy atom. The van der Waals surface area contributed by atoms with Crippen LogP contribution in [0.2, 0.25) is 0 Å². The summed E-state index contributed by atoms with van der Waals surface area (Å²) < 4.78 is 37.1. The standard InChI is InChI=1S/C9H16F3NO2/c1-2-3-7(13)4-6(5-8(14)15)9(10,11)12/h6-7H,2-5,13H2,1H3,(H,14,15)/t6-,7-/m1/s1. The Balaban J connectivity index is 4.31. The van der Waals surface area contributed by atoms with Crippen molar-refractivity contribution in [2.24, 2.45) is 11.7 Å². The average Bonchev–Trinajstić information content (AvgIpc) is 2.00. The van der Waals surface area contributed by atoms with Crippen LogP contribution in [-0.2, 0) is 4.79 Å². The van der Waals surface area contributed by atoms with Crippen LogP contribution in [0.25, 0.3) is 0 Å². The largest absolute Gasteiger partial charge is 0.481 e. The molecule has 0 amide bonds. The van der Waals surface area contributed by atoms with Crippen LogP contribution in [0.5, 0.6) is 0 Å². The third-order valence-corrected chi connectivity index (χ3v) is 2.13. The fourth-order valence-corrected chi connectivity index (χ4v) is 1.40. The fraction of sp³-hybridized carbons (Fsp3) is 0.889. The Kier molecular flexibility index (Phi) is 5.64. The van der Waals surface area contributed by atoms with Crippen molar-refractivity contribution in [1.82, 2.24) is 0 Å². The minimum absolute atomic E-state index is 0.316. The summed E-state index contributed by atoms with van der Waals surface area (Å²) in [4.78, 5) is 10.3. The van der Waals surface area contributed by atoms with Gasteiger partial charge in [-0.25, -0.2) is 0 Å². The maximum Gasteiger partial charge on any atom is 0.392 e. The summed E-state index contributed by atoms with van der Waals surface area (Å²) in [5.41, 5.74) is 5.46. The minimum Gasteiger partial charge on any atom is -0.481 e. The fourth-order valence-electron chi connectivity index (χ4n) is 1.40. The molecule has 2 atom stereocenters. The molecule has 6 heteroatoms. The highest BCUT2D eigenvalue weighted by Crippen LogP contribution is 2.32. The monoisotopic (exact) mass is 227 g/mol. The summed E-state index contributed by atoms with van der Waals surface area (Å²) in [5.74, 6) is -3.28. The summed E-state index contributed by atoms with van der Waals surface area (Å²) in [7, 11) is 0. The maximum atomic E-state index is 12.4. The number of nitrogens with two attached hydrogens (primary N) is 1. The Bertz CT molecular complexity index is 206. The molecule has 90 valence electrons. The van der Waals surface area contributed by atoms with Gasteiger partial charge in [0.25, 0.3) is 0 Å². The molecule has 0 aliphatic rings. The first-order valence-electron chi connectivity index (χ1n) is 4.81. The van der Waals surface area contributed by atoms with Gasteiger partial charge in [-0.2, -0.15) is 13.2 Å². The number of carboxylic acid groups (broad SMARTS) is 1. The molecular weight excluding hydrogens is 211 g/mol. The van der Waals surface area contributed by atoms with Crippen molar-refractivity contribution in [3.05, 3.63) is 0 Å². The number of halogens is 3. The van der Waals surface area contributed by atoms with Crippen LogP contribution < -0.4 is 5.73 Å². The van der Waals surface area contributed by atoms with Gasteiger partial charge in [0.2, 0.25) is 0 Å². The SMILES string of the molecule is CCC[C@@H](N)C[C@H](CC(=O)O)C(F)(F)F. The average molecular weight is 227 g/mol. The van der Waals surface area contributed by atoms with Crippen molar-refractivity contribution in [3.63, 3.8) is 0 Å². The quantitative estimate of drug-likeness (QED) is 0.730. The first-order chi connectivity index (χ1) is 6.77. The van der Waals surface area contributed by atoms with Gasteiger partial charge >= 0.3 is 12.1 Å². The summed E-state index contributed by atoms with van der Waals surface area (Å²) in [6.07, 6.45) is -4.53. The smallest absolute Gasteiger partial charge is 0.392 e. The van der Waals surface area contributed by atoms with Gasteiger partial charge in [0.1, 0.15) is 0 Å². The maximum absolute atomic E-state index is 12.4. The molecule has 0 aromatic rings. The lowest BCUT2D eigenvalue weighted by atomic mass is 9.94. The molecule has 0 aliphatic heterocycles. The molecule has 0 radical (unpaired) electrons. The number of carboxylic acids is 1. The molecule has 0 bridgehead atoms. The molecule has 0 saturated carbocycles. The van der Waals surface area contributed by atoms with Crippen LogP contribution in [0.3, 0.4) is 0 Å². The molecule has 0 spiro atoms. The molecule has 3 nitrogen and oxygen atoms in total. The Labute approximate surface area is 86.5 Å². The molecule has 0 aromatic heterocycles. The van der Waals surface area contributed by atoms with E-state index in [4.69, 9.17) is 10.8 Å². The van der Waals surface area contributed by atoms with Gasteiger partial charge in [-0.15, -0.1) is 0 Å². The molecule has 0 rings (SSSR count). The molecule has 15 heavy (non-hydrogen) atoms. The number of hydrogen-bond acceptors (Lipinski definition) is 2. The van der Waals surface area contributed by atoms with Crippen molar-refractivity contribution in [2.75, 3.05) is 0 Å². The topological polar surface area (TPSA) is 63.3 Å². The molecule has 3 N–H and O–H groups in total. The molecule has 0 fully saturated rings. The molecule has 0 aromatic carbocycles. The Hall–Kier alpha value is -0.780. The van der Waals surface area contributed by atoms with E-state index in [0.717, 1.165) is 0 Å².